The quantitative estimate of drug-likeness (QED) is 0.890. The van der Waals surface area contributed by atoms with Crippen molar-refractivity contribution in [2.75, 3.05) is 0 Å². The number of carbonyl (C=O) groups is 1. The van der Waals surface area contributed by atoms with Gasteiger partial charge in [0.15, 0.2) is 0 Å². The van der Waals surface area contributed by atoms with Crippen LogP contribution in [-0.2, 0) is 24.1 Å². The summed E-state index contributed by atoms with van der Waals surface area (Å²) >= 11 is 0. The van der Waals surface area contributed by atoms with Gasteiger partial charge in [0, 0.05) is 18.5 Å². The van der Waals surface area contributed by atoms with Gasteiger partial charge in [0.1, 0.15) is 5.82 Å². The highest BCUT2D eigenvalue weighted by Gasteiger charge is 2.39. The van der Waals surface area contributed by atoms with Crippen molar-refractivity contribution in [2.45, 2.75) is 51.4 Å². The number of nitrogens with one attached hydrogen (secondary N) is 1. The zero-order valence-electron chi connectivity index (χ0n) is 11.8. The minimum Gasteiger partial charge on any atom is -0.481 e. The van der Waals surface area contributed by atoms with Gasteiger partial charge in [-0.15, -0.1) is 0 Å². The van der Waals surface area contributed by atoms with Crippen molar-refractivity contribution in [3.63, 3.8) is 0 Å². The molecular weight excluding hydrogens is 252 g/mol. The summed E-state index contributed by atoms with van der Waals surface area (Å²) in [5, 5.41) is 9.14. The molecule has 4 heteroatoms. The molecule has 0 spiro atoms. The average molecular weight is 274 g/mol. The third-order valence-corrected chi connectivity index (χ3v) is 5.78. The molecule has 1 aromatic rings. The summed E-state index contributed by atoms with van der Waals surface area (Å²) in [5.74, 6) is 2.94. The number of fused-ring (bicyclic) bond motifs is 3. The predicted molar refractivity (Wildman–Crippen MR) is 74.4 cm³/mol. The summed E-state index contributed by atoms with van der Waals surface area (Å²) in [6.07, 6.45) is 8.94. The van der Waals surface area contributed by atoms with Crippen LogP contribution in [0.15, 0.2) is 0 Å². The van der Waals surface area contributed by atoms with E-state index in [4.69, 9.17) is 10.1 Å². The van der Waals surface area contributed by atoms with Gasteiger partial charge in [-0.05, 0) is 49.9 Å². The van der Waals surface area contributed by atoms with E-state index in [-0.39, 0.29) is 5.92 Å². The molecular formula is C16H22N2O2. The number of H-pyrrole nitrogens is 1. The fourth-order valence-electron chi connectivity index (χ4n) is 4.72. The molecule has 1 heterocycles. The normalized spacial score (nSPS) is 35.2. The molecule has 2 saturated carbocycles. The maximum absolute atomic E-state index is 11.1. The fourth-order valence-corrected chi connectivity index (χ4v) is 4.72. The second-order valence-electron chi connectivity index (χ2n) is 7.03. The van der Waals surface area contributed by atoms with Gasteiger partial charge in [0.05, 0.1) is 11.6 Å². The first kappa shape index (κ1) is 12.4. The fraction of sp³-hybridized carbons (Fsp3) is 0.750. The molecule has 0 amide bonds. The van der Waals surface area contributed by atoms with Crippen LogP contribution in [0.4, 0.5) is 0 Å². The van der Waals surface area contributed by atoms with Crippen LogP contribution in [-0.4, -0.2) is 21.0 Å². The van der Waals surface area contributed by atoms with Crippen molar-refractivity contribution < 1.29 is 9.90 Å². The summed E-state index contributed by atoms with van der Waals surface area (Å²) in [6, 6.07) is 0. The number of nitrogens with zero attached hydrogens (tertiary/aromatic N) is 1. The Morgan fingerprint density at radius 3 is 2.90 bits per heavy atom. The zero-order valence-corrected chi connectivity index (χ0v) is 11.8. The van der Waals surface area contributed by atoms with Gasteiger partial charge in [-0.25, -0.2) is 4.98 Å². The Balaban J connectivity index is 1.47. The Kier molecular flexibility index (Phi) is 2.86. The molecule has 2 bridgehead atoms. The summed E-state index contributed by atoms with van der Waals surface area (Å²) in [5.41, 5.74) is 2.21. The summed E-state index contributed by atoms with van der Waals surface area (Å²) in [6.45, 7) is 0. The number of aliphatic carboxylic acids is 1. The molecule has 2 N–H and O–H groups in total. The van der Waals surface area contributed by atoms with Gasteiger partial charge in [-0.3, -0.25) is 4.79 Å². The molecule has 0 saturated heterocycles. The summed E-state index contributed by atoms with van der Waals surface area (Å²) < 4.78 is 0. The van der Waals surface area contributed by atoms with Crippen LogP contribution in [0.2, 0.25) is 0 Å². The highest BCUT2D eigenvalue weighted by atomic mass is 16.4. The first-order valence-electron chi connectivity index (χ1n) is 7.98. The van der Waals surface area contributed by atoms with Gasteiger partial charge < -0.3 is 10.1 Å². The van der Waals surface area contributed by atoms with Crippen molar-refractivity contribution >= 4 is 5.97 Å². The lowest BCUT2D eigenvalue weighted by molar-refractivity contribution is -0.142. The molecule has 0 radical (unpaired) electrons. The molecule has 3 aliphatic rings. The van der Waals surface area contributed by atoms with Crippen LogP contribution in [0, 0.1) is 23.7 Å². The van der Waals surface area contributed by atoms with Crippen molar-refractivity contribution in [2.24, 2.45) is 23.7 Å². The highest BCUT2D eigenvalue weighted by molar-refractivity contribution is 5.70. The van der Waals surface area contributed by atoms with Gasteiger partial charge in [-0.1, -0.05) is 6.42 Å². The van der Waals surface area contributed by atoms with E-state index < -0.39 is 5.97 Å². The summed E-state index contributed by atoms with van der Waals surface area (Å²) in [7, 11) is 0. The van der Waals surface area contributed by atoms with E-state index in [0.29, 0.717) is 6.42 Å². The lowest BCUT2D eigenvalue weighted by atomic mass is 9.86. The molecule has 4 rings (SSSR count). The van der Waals surface area contributed by atoms with E-state index in [1.807, 2.05) is 0 Å². The Bertz CT molecular complexity index is 537. The highest BCUT2D eigenvalue weighted by Crippen LogP contribution is 2.49. The number of carboxylic acid groups (broad SMARTS) is 1. The minimum atomic E-state index is -0.667. The van der Waals surface area contributed by atoms with Gasteiger partial charge in [-0.2, -0.15) is 0 Å². The third kappa shape index (κ3) is 2.05. The Morgan fingerprint density at radius 1 is 1.30 bits per heavy atom. The van der Waals surface area contributed by atoms with Crippen molar-refractivity contribution in [1.29, 1.82) is 0 Å². The van der Waals surface area contributed by atoms with Crippen molar-refractivity contribution in [3.05, 3.63) is 17.2 Å². The minimum absolute atomic E-state index is 0.224. The van der Waals surface area contributed by atoms with Gasteiger partial charge >= 0.3 is 5.97 Å². The molecule has 2 fully saturated rings. The first-order valence-corrected chi connectivity index (χ1v) is 7.98. The van der Waals surface area contributed by atoms with E-state index in [9.17, 15) is 4.79 Å². The van der Waals surface area contributed by atoms with Gasteiger partial charge in [0.25, 0.3) is 0 Å². The Morgan fingerprint density at radius 2 is 2.20 bits per heavy atom. The van der Waals surface area contributed by atoms with Crippen LogP contribution in [0.1, 0.15) is 49.3 Å². The number of aryl methyl sites for hydroxylation is 1. The first-order chi connectivity index (χ1) is 9.69. The van der Waals surface area contributed by atoms with E-state index in [1.165, 1.54) is 25.7 Å². The number of hydrogen-bond donors (Lipinski definition) is 2. The van der Waals surface area contributed by atoms with E-state index in [2.05, 4.69) is 4.98 Å². The van der Waals surface area contributed by atoms with Crippen LogP contribution >= 0.6 is 0 Å². The van der Waals surface area contributed by atoms with Crippen molar-refractivity contribution in [3.8, 4) is 0 Å². The zero-order chi connectivity index (χ0) is 13.7. The van der Waals surface area contributed by atoms with E-state index in [0.717, 1.165) is 54.2 Å². The molecule has 4 nitrogen and oxygen atoms in total. The number of carboxylic acids is 1. The number of aromatic amines is 1. The Hall–Kier alpha value is -1.32. The monoisotopic (exact) mass is 274 g/mol. The number of imidazole rings is 1. The third-order valence-electron chi connectivity index (χ3n) is 5.78. The van der Waals surface area contributed by atoms with Crippen LogP contribution < -0.4 is 0 Å². The molecule has 0 aliphatic heterocycles. The second-order valence-corrected chi connectivity index (χ2v) is 7.03. The molecule has 3 aliphatic carbocycles. The largest absolute Gasteiger partial charge is 0.481 e. The number of aromatic nitrogens is 2. The smallest absolute Gasteiger partial charge is 0.306 e. The second kappa shape index (κ2) is 4.61. The molecule has 20 heavy (non-hydrogen) atoms. The van der Waals surface area contributed by atoms with Crippen LogP contribution in [0.3, 0.4) is 0 Å². The molecule has 4 unspecified atom stereocenters. The predicted octanol–water partition coefficient (Wildman–Crippen LogP) is 2.58. The lowest BCUT2D eigenvalue weighted by Crippen LogP contribution is -2.22. The topological polar surface area (TPSA) is 66.0 Å². The number of hydrogen-bond acceptors (Lipinski definition) is 2. The SMILES string of the molecule is O=C(O)C1CCc2nc(CC3CC4CCC3C4)[nH]c2C1. The standard InChI is InChI=1S/C16H22N2O2/c19-16(20)11-3-4-13-14(7-11)18-15(17-13)8-12-6-9-1-2-10(12)5-9/h9-12H,1-8H2,(H,17,18)(H,19,20). The van der Waals surface area contributed by atoms with Crippen LogP contribution in [0.25, 0.3) is 0 Å². The molecule has 0 aromatic carbocycles. The average Bonchev–Trinajstić information content (AvgIpc) is 3.11. The van der Waals surface area contributed by atoms with Gasteiger partial charge in [0.2, 0.25) is 0 Å². The van der Waals surface area contributed by atoms with Crippen LogP contribution in [0.5, 0.6) is 0 Å². The van der Waals surface area contributed by atoms with E-state index >= 15 is 0 Å². The van der Waals surface area contributed by atoms with Crippen molar-refractivity contribution in [1.82, 2.24) is 9.97 Å². The Labute approximate surface area is 119 Å². The molecule has 1 aromatic heterocycles. The number of rotatable bonds is 3. The van der Waals surface area contributed by atoms with E-state index in [1.54, 1.807) is 0 Å². The summed E-state index contributed by atoms with van der Waals surface area (Å²) in [4.78, 5) is 19.3. The molecule has 108 valence electrons. The lowest BCUT2D eigenvalue weighted by Gasteiger charge is -2.20. The maximum atomic E-state index is 11.1. The molecule has 4 atom stereocenters. The maximum Gasteiger partial charge on any atom is 0.306 e.